The zero-order chi connectivity index (χ0) is 10.7. The van der Waals surface area contributed by atoms with Gasteiger partial charge in [0.1, 0.15) is 10.8 Å². The smallest absolute Gasteiger partial charge is 0.208 e. The van der Waals surface area contributed by atoms with Crippen molar-refractivity contribution in [1.82, 2.24) is 9.36 Å². The Morgan fingerprint density at radius 2 is 2.47 bits per heavy atom. The van der Waals surface area contributed by atoms with Gasteiger partial charge < -0.3 is 0 Å². The normalized spacial score (nSPS) is 9.87. The Morgan fingerprint density at radius 1 is 1.60 bits per heavy atom. The maximum absolute atomic E-state index is 5.26. The summed E-state index contributed by atoms with van der Waals surface area (Å²) in [5.41, 5.74) is 1.05. The summed E-state index contributed by atoms with van der Waals surface area (Å²) >= 11 is 1.40. The molecular formula is C11H10N3S+. The summed E-state index contributed by atoms with van der Waals surface area (Å²) in [5.74, 6) is 3.41. The van der Waals surface area contributed by atoms with E-state index >= 15 is 0 Å². The molecule has 3 nitrogen and oxygen atoms in total. The third kappa shape index (κ3) is 2.20. The van der Waals surface area contributed by atoms with E-state index in [9.17, 15) is 0 Å². The Balaban J connectivity index is 2.37. The van der Waals surface area contributed by atoms with Crippen LogP contribution in [0.4, 0.5) is 0 Å². The number of pyridine rings is 1. The van der Waals surface area contributed by atoms with Crippen molar-refractivity contribution in [3.8, 4) is 22.9 Å². The molecule has 2 heterocycles. The highest BCUT2D eigenvalue weighted by atomic mass is 32.1. The molecule has 0 unspecified atom stereocenters. The van der Waals surface area contributed by atoms with E-state index in [0.29, 0.717) is 6.54 Å². The molecule has 0 spiro atoms. The van der Waals surface area contributed by atoms with Crippen LogP contribution in [0.2, 0.25) is 0 Å². The maximum atomic E-state index is 5.26. The monoisotopic (exact) mass is 216 g/mol. The molecule has 2 rings (SSSR count). The van der Waals surface area contributed by atoms with E-state index < -0.39 is 0 Å². The lowest BCUT2D eigenvalue weighted by Gasteiger charge is -1.93. The highest BCUT2D eigenvalue weighted by molar-refractivity contribution is 7.09. The Bertz CT molecular complexity index is 511. The van der Waals surface area contributed by atoms with Crippen molar-refractivity contribution in [2.24, 2.45) is 0 Å². The molecule has 0 saturated carbocycles. The fourth-order valence-corrected chi connectivity index (χ4v) is 1.93. The number of rotatable bonds is 2. The number of nitrogens with zero attached hydrogens (tertiary/aromatic N) is 3. The number of hydrogen-bond donors (Lipinski definition) is 0. The van der Waals surface area contributed by atoms with E-state index in [4.69, 9.17) is 6.42 Å². The third-order valence-corrected chi connectivity index (χ3v) is 2.76. The lowest BCUT2D eigenvalue weighted by molar-refractivity contribution is -0.684. The highest BCUT2D eigenvalue weighted by Gasteiger charge is 2.07. The molecule has 74 valence electrons. The summed E-state index contributed by atoms with van der Waals surface area (Å²) in [4.78, 5) is 4.32. The van der Waals surface area contributed by atoms with Crippen molar-refractivity contribution in [2.45, 2.75) is 13.5 Å². The molecule has 0 N–H and O–H groups in total. The van der Waals surface area contributed by atoms with Crippen molar-refractivity contribution in [1.29, 1.82) is 0 Å². The van der Waals surface area contributed by atoms with Crippen LogP contribution < -0.4 is 4.57 Å². The van der Waals surface area contributed by atoms with Gasteiger partial charge in [-0.3, -0.25) is 0 Å². The van der Waals surface area contributed by atoms with Crippen molar-refractivity contribution in [3.05, 3.63) is 30.4 Å². The van der Waals surface area contributed by atoms with Crippen LogP contribution >= 0.6 is 11.5 Å². The van der Waals surface area contributed by atoms with E-state index in [1.54, 1.807) is 0 Å². The van der Waals surface area contributed by atoms with Crippen molar-refractivity contribution >= 4 is 11.5 Å². The molecule has 0 atom stereocenters. The summed E-state index contributed by atoms with van der Waals surface area (Å²) in [6, 6.07) is 3.97. The molecule has 2 aromatic heterocycles. The van der Waals surface area contributed by atoms with Gasteiger partial charge in [0, 0.05) is 6.07 Å². The second kappa shape index (κ2) is 4.20. The zero-order valence-electron chi connectivity index (χ0n) is 8.34. The lowest BCUT2D eigenvalue weighted by Crippen LogP contribution is -2.31. The SMILES string of the molecule is C#CC[n+]1cccc(-c2nc(C)ns2)c1. The van der Waals surface area contributed by atoms with Gasteiger partial charge in [-0.25, -0.2) is 4.98 Å². The largest absolute Gasteiger partial charge is 0.219 e. The molecule has 0 amide bonds. The minimum Gasteiger partial charge on any atom is -0.219 e. The van der Waals surface area contributed by atoms with Crippen LogP contribution in [0.1, 0.15) is 5.82 Å². The molecule has 15 heavy (non-hydrogen) atoms. The van der Waals surface area contributed by atoms with Gasteiger partial charge in [0.25, 0.3) is 0 Å². The average Bonchev–Trinajstić information content (AvgIpc) is 2.66. The first-order valence-corrected chi connectivity index (χ1v) is 5.30. The van der Waals surface area contributed by atoms with Gasteiger partial charge in [0.2, 0.25) is 6.54 Å². The predicted octanol–water partition coefficient (Wildman–Crippen LogP) is 1.43. The van der Waals surface area contributed by atoms with E-state index in [0.717, 1.165) is 16.4 Å². The second-order valence-corrected chi connectivity index (χ2v) is 3.87. The maximum Gasteiger partial charge on any atom is 0.208 e. The van der Waals surface area contributed by atoms with Crippen LogP contribution in [0.5, 0.6) is 0 Å². The van der Waals surface area contributed by atoms with Crippen molar-refractivity contribution in [2.75, 3.05) is 0 Å². The van der Waals surface area contributed by atoms with Crippen LogP contribution in [0, 0.1) is 19.3 Å². The van der Waals surface area contributed by atoms with Crippen LogP contribution in [0.3, 0.4) is 0 Å². The predicted molar refractivity (Wildman–Crippen MR) is 59.1 cm³/mol. The standard InChI is InChI=1S/C11H10N3S/c1-3-6-14-7-4-5-10(8-14)11-12-9(2)13-15-11/h1,4-5,7-8H,6H2,2H3/q+1. The average molecular weight is 216 g/mol. The second-order valence-electron chi connectivity index (χ2n) is 3.12. The quantitative estimate of drug-likeness (QED) is 0.561. The van der Waals surface area contributed by atoms with Gasteiger partial charge in [-0.2, -0.15) is 8.94 Å². The van der Waals surface area contributed by atoms with E-state index in [-0.39, 0.29) is 0 Å². The van der Waals surface area contributed by atoms with Gasteiger partial charge in [-0.15, -0.1) is 6.42 Å². The van der Waals surface area contributed by atoms with E-state index in [1.165, 1.54) is 11.5 Å². The van der Waals surface area contributed by atoms with E-state index in [1.807, 2.05) is 36.0 Å². The van der Waals surface area contributed by atoms with Gasteiger partial charge >= 0.3 is 0 Å². The first-order chi connectivity index (χ1) is 7.29. The van der Waals surface area contributed by atoms with Crippen LogP contribution in [-0.4, -0.2) is 9.36 Å². The number of terminal acetylenes is 1. The summed E-state index contributed by atoms with van der Waals surface area (Å²) in [5, 5.41) is 0.930. The van der Waals surface area contributed by atoms with Crippen LogP contribution in [0.15, 0.2) is 24.5 Å². The molecule has 0 aliphatic heterocycles. The summed E-state index contributed by atoms with van der Waals surface area (Å²) in [7, 11) is 0. The Labute approximate surface area is 92.6 Å². The van der Waals surface area contributed by atoms with Crippen LogP contribution in [-0.2, 0) is 6.54 Å². The third-order valence-electron chi connectivity index (χ3n) is 1.91. The zero-order valence-corrected chi connectivity index (χ0v) is 9.16. The molecule has 0 aromatic carbocycles. The molecule has 0 aliphatic carbocycles. The van der Waals surface area contributed by atoms with Gasteiger partial charge in [0.15, 0.2) is 12.4 Å². The van der Waals surface area contributed by atoms with Crippen molar-refractivity contribution < 1.29 is 4.57 Å². The van der Waals surface area contributed by atoms with Gasteiger partial charge in [-0.1, -0.05) is 0 Å². The van der Waals surface area contributed by atoms with Gasteiger partial charge in [-0.05, 0) is 30.4 Å². The fourth-order valence-electron chi connectivity index (χ4n) is 1.27. The van der Waals surface area contributed by atoms with Crippen LogP contribution in [0.25, 0.3) is 10.6 Å². The summed E-state index contributed by atoms with van der Waals surface area (Å²) in [6.45, 7) is 2.46. The summed E-state index contributed by atoms with van der Waals surface area (Å²) in [6.07, 6.45) is 9.18. The lowest BCUT2D eigenvalue weighted by atomic mass is 10.3. The molecule has 4 heteroatoms. The number of aromatic nitrogens is 3. The molecular weight excluding hydrogens is 206 g/mol. The summed E-state index contributed by atoms with van der Waals surface area (Å²) < 4.78 is 6.10. The Morgan fingerprint density at radius 3 is 3.13 bits per heavy atom. The molecule has 2 aromatic rings. The number of hydrogen-bond acceptors (Lipinski definition) is 3. The first kappa shape index (κ1) is 9.81. The highest BCUT2D eigenvalue weighted by Crippen LogP contribution is 2.18. The molecule has 0 aliphatic rings. The minimum atomic E-state index is 0.575. The Kier molecular flexibility index (Phi) is 2.75. The Hall–Kier alpha value is -1.73. The van der Waals surface area contributed by atoms with E-state index in [2.05, 4.69) is 15.3 Å². The molecule has 0 radical (unpaired) electrons. The minimum absolute atomic E-state index is 0.575. The molecule has 0 bridgehead atoms. The molecule has 0 fully saturated rings. The van der Waals surface area contributed by atoms with Gasteiger partial charge in [0.05, 0.1) is 5.56 Å². The topological polar surface area (TPSA) is 29.7 Å². The first-order valence-electron chi connectivity index (χ1n) is 4.53. The number of aryl methyl sites for hydroxylation is 1. The molecule has 0 saturated heterocycles. The fraction of sp³-hybridized carbons (Fsp3) is 0.182. The van der Waals surface area contributed by atoms with Crippen molar-refractivity contribution in [3.63, 3.8) is 0 Å².